The lowest BCUT2D eigenvalue weighted by atomic mass is 10.1. The van der Waals surface area contributed by atoms with Gasteiger partial charge in [0.15, 0.2) is 0 Å². The van der Waals surface area contributed by atoms with E-state index in [2.05, 4.69) is 10.4 Å². The molecule has 0 radical (unpaired) electrons. The van der Waals surface area contributed by atoms with E-state index in [-0.39, 0.29) is 24.4 Å². The third kappa shape index (κ3) is 3.16. The van der Waals surface area contributed by atoms with E-state index in [1.165, 1.54) is 4.68 Å². The molecule has 0 saturated carbocycles. The van der Waals surface area contributed by atoms with Crippen molar-refractivity contribution in [1.82, 2.24) is 15.1 Å². The van der Waals surface area contributed by atoms with E-state index in [0.717, 1.165) is 10.9 Å². The number of nitrogens with one attached hydrogen (secondary N) is 1. The zero-order valence-corrected chi connectivity index (χ0v) is 13.9. The Morgan fingerprint density at radius 3 is 2.46 bits per heavy atom. The number of carbonyl (C=O) groups is 1. The number of hydrogen-bond acceptors (Lipinski definition) is 3. The largest absolute Gasteiger partial charge is 0.359 e. The van der Waals surface area contributed by atoms with Crippen LogP contribution in [0.3, 0.4) is 0 Å². The highest BCUT2D eigenvalue weighted by molar-refractivity contribution is 6.30. The highest BCUT2D eigenvalue weighted by Crippen LogP contribution is 2.25. The van der Waals surface area contributed by atoms with E-state index in [0.29, 0.717) is 16.1 Å². The van der Waals surface area contributed by atoms with Gasteiger partial charge in [0, 0.05) is 29.4 Å². The second-order valence-corrected chi connectivity index (χ2v) is 5.79. The maximum absolute atomic E-state index is 12.6. The van der Waals surface area contributed by atoms with Gasteiger partial charge in [-0.25, -0.2) is 4.68 Å². The number of halogens is 1. The van der Waals surface area contributed by atoms with Crippen molar-refractivity contribution < 1.29 is 4.79 Å². The Labute approximate surface area is 143 Å². The molecule has 0 aliphatic rings. The van der Waals surface area contributed by atoms with Crippen molar-refractivity contribution in [3.8, 4) is 11.3 Å². The maximum atomic E-state index is 12.6. The minimum atomic E-state index is -0.202. The predicted octanol–water partition coefficient (Wildman–Crippen LogP) is 2.85. The molecular weight excluding hydrogens is 326 g/mol. The quantitative estimate of drug-likeness (QED) is 0.793. The van der Waals surface area contributed by atoms with Crippen molar-refractivity contribution >= 4 is 28.3 Å². The van der Waals surface area contributed by atoms with Crippen LogP contribution in [0.2, 0.25) is 5.02 Å². The van der Waals surface area contributed by atoms with Crippen LogP contribution in [0, 0.1) is 0 Å². The summed E-state index contributed by atoms with van der Waals surface area (Å²) in [6.45, 7) is 0.226. The maximum Gasteiger partial charge on any atom is 0.274 e. The standard InChI is InChI=1S/C18H16ClN3O2/c1-20-16(23)10-11-22-18(24)15-5-3-2-4-14(15)17(21-22)12-6-8-13(19)9-7-12/h2-9H,10-11H2,1H3,(H,20,23). The van der Waals surface area contributed by atoms with Gasteiger partial charge in [-0.05, 0) is 18.2 Å². The summed E-state index contributed by atoms with van der Waals surface area (Å²) in [6, 6.07) is 14.6. The molecule has 1 heterocycles. The molecule has 0 atom stereocenters. The SMILES string of the molecule is CNC(=O)CCn1nc(-c2ccc(Cl)cc2)c2ccccc2c1=O. The first kappa shape index (κ1) is 16.2. The van der Waals surface area contributed by atoms with Crippen molar-refractivity contribution in [2.75, 3.05) is 7.05 Å². The fourth-order valence-electron chi connectivity index (χ4n) is 2.54. The monoisotopic (exact) mass is 341 g/mol. The van der Waals surface area contributed by atoms with Gasteiger partial charge < -0.3 is 5.32 Å². The Balaban J connectivity index is 2.16. The summed E-state index contributed by atoms with van der Waals surface area (Å²) in [5.74, 6) is -0.134. The molecule has 3 aromatic rings. The molecule has 0 fully saturated rings. The molecular formula is C18H16ClN3O2. The fraction of sp³-hybridized carbons (Fsp3) is 0.167. The first-order valence-corrected chi connectivity index (χ1v) is 7.94. The third-order valence-corrected chi connectivity index (χ3v) is 4.07. The van der Waals surface area contributed by atoms with Crippen LogP contribution >= 0.6 is 11.6 Å². The number of fused-ring (bicyclic) bond motifs is 1. The Kier molecular flexibility index (Phi) is 4.62. The number of aryl methyl sites for hydroxylation is 1. The number of amides is 1. The van der Waals surface area contributed by atoms with E-state index in [4.69, 9.17) is 11.6 Å². The summed E-state index contributed by atoms with van der Waals surface area (Å²) < 4.78 is 1.35. The van der Waals surface area contributed by atoms with Crippen molar-refractivity contribution in [2.45, 2.75) is 13.0 Å². The molecule has 6 heteroatoms. The first-order chi connectivity index (χ1) is 11.6. The van der Waals surface area contributed by atoms with Gasteiger partial charge in [0.1, 0.15) is 0 Å². The van der Waals surface area contributed by atoms with E-state index >= 15 is 0 Å². The minimum absolute atomic E-state index is 0.134. The van der Waals surface area contributed by atoms with Gasteiger partial charge in [0.25, 0.3) is 5.56 Å². The average molecular weight is 342 g/mol. The predicted molar refractivity (Wildman–Crippen MR) is 95.1 cm³/mol. The van der Waals surface area contributed by atoms with E-state index in [1.807, 2.05) is 30.3 Å². The van der Waals surface area contributed by atoms with Crippen molar-refractivity contribution in [3.63, 3.8) is 0 Å². The first-order valence-electron chi connectivity index (χ1n) is 7.56. The lowest BCUT2D eigenvalue weighted by Gasteiger charge is -2.11. The second-order valence-electron chi connectivity index (χ2n) is 5.35. The molecule has 0 unspecified atom stereocenters. The summed E-state index contributed by atoms with van der Waals surface area (Å²) in [6.07, 6.45) is 0.196. The molecule has 0 aliphatic heterocycles. The second kappa shape index (κ2) is 6.84. The number of rotatable bonds is 4. The van der Waals surface area contributed by atoms with Crippen LogP contribution in [0.1, 0.15) is 6.42 Å². The third-order valence-electron chi connectivity index (χ3n) is 3.81. The van der Waals surface area contributed by atoms with Gasteiger partial charge >= 0.3 is 0 Å². The van der Waals surface area contributed by atoms with Crippen LogP contribution in [0.4, 0.5) is 0 Å². The van der Waals surface area contributed by atoms with Crippen LogP contribution in [-0.4, -0.2) is 22.7 Å². The Morgan fingerprint density at radius 1 is 1.12 bits per heavy atom. The van der Waals surface area contributed by atoms with Crippen LogP contribution < -0.4 is 10.9 Å². The zero-order valence-electron chi connectivity index (χ0n) is 13.1. The molecule has 1 aromatic heterocycles. The number of carbonyl (C=O) groups excluding carboxylic acids is 1. The van der Waals surface area contributed by atoms with Gasteiger partial charge in [0.2, 0.25) is 5.91 Å². The van der Waals surface area contributed by atoms with Crippen LogP contribution in [0.5, 0.6) is 0 Å². The number of nitrogens with zero attached hydrogens (tertiary/aromatic N) is 2. The number of benzene rings is 2. The van der Waals surface area contributed by atoms with E-state index in [9.17, 15) is 9.59 Å². The number of aromatic nitrogens is 2. The molecule has 5 nitrogen and oxygen atoms in total. The normalized spacial score (nSPS) is 10.8. The fourth-order valence-corrected chi connectivity index (χ4v) is 2.67. The van der Waals surface area contributed by atoms with Crippen LogP contribution in [-0.2, 0) is 11.3 Å². The summed E-state index contributed by atoms with van der Waals surface area (Å²) in [5.41, 5.74) is 1.36. The molecule has 0 bridgehead atoms. The van der Waals surface area contributed by atoms with Gasteiger partial charge in [-0.2, -0.15) is 5.10 Å². The average Bonchev–Trinajstić information content (AvgIpc) is 2.62. The smallest absolute Gasteiger partial charge is 0.274 e. The Morgan fingerprint density at radius 2 is 1.79 bits per heavy atom. The van der Waals surface area contributed by atoms with Crippen LogP contribution in [0.25, 0.3) is 22.0 Å². The lowest BCUT2D eigenvalue weighted by Crippen LogP contribution is -2.27. The molecule has 122 valence electrons. The van der Waals surface area contributed by atoms with E-state index < -0.39 is 0 Å². The summed E-state index contributed by atoms with van der Waals surface area (Å²) in [4.78, 5) is 24.1. The highest BCUT2D eigenvalue weighted by atomic mass is 35.5. The summed E-state index contributed by atoms with van der Waals surface area (Å²) >= 11 is 5.95. The molecule has 0 spiro atoms. The molecule has 0 aliphatic carbocycles. The topological polar surface area (TPSA) is 64.0 Å². The molecule has 0 saturated heterocycles. The number of hydrogen-bond donors (Lipinski definition) is 1. The Bertz CT molecular complexity index is 949. The lowest BCUT2D eigenvalue weighted by molar-refractivity contribution is -0.120. The van der Waals surface area contributed by atoms with Crippen LogP contribution in [0.15, 0.2) is 53.3 Å². The zero-order chi connectivity index (χ0) is 17.1. The van der Waals surface area contributed by atoms with E-state index in [1.54, 1.807) is 25.2 Å². The molecule has 3 rings (SSSR count). The van der Waals surface area contributed by atoms with Crippen molar-refractivity contribution in [3.05, 3.63) is 63.9 Å². The van der Waals surface area contributed by atoms with Crippen molar-refractivity contribution in [2.24, 2.45) is 0 Å². The molecule has 1 N–H and O–H groups in total. The molecule has 24 heavy (non-hydrogen) atoms. The molecule has 1 amide bonds. The Hall–Kier alpha value is -2.66. The van der Waals surface area contributed by atoms with Gasteiger partial charge in [0.05, 0.1) is 17.6 Å². The van der Waals surface area contributed by atoms with Crippen molar-refractivity contribution in [1.29, 1.82) is 0 Å². The highest BCUT2D eigenvalue weighted by Gasteiger charge is 2.12. The van der Waals surface area contributed by atoms with Gasteiger partial charge in [-0.3, -0.25) is 9.59 Å². The van der Waals surface area contributed by atoms with Gasteiger partial charge in [-0.15, -0.1) is 0 Å². The molecule has 2 aromatic carbocycles. The summed E-state index contributed by atoms with van der Waals surface area (Å²) in [5, 5.41) is 9.03. The van der Waals surface area contributed by atoms with Gasteiger partial charge in [-0.1, -0.05) is 41.9 Å². The summed E-state index contributed by atoms with van der Waals surface area (Å²) in [7, 11) is 1.57. The minimum Gasteiger partial charge on any atom is -0.359 e.